The first kappa shape index (κ1) is 18.3. The van der Waals surface area contributed by atoms with Crippen molar-refractivity contribution in [2.75, 3.05) is 13.2 Å². The molecule has 1 saturated heterocycles. The van der Waals surface area contributed by atoms with E-state index in [1.54, 1.807) is 0 Å². The van der Waals surface area contributed by atoms with Gasteiger partial charge in [-0.2, -0.15) is 0 Å². The fourth-order valence-electron chi connectivity index (χ4n) is 2.69. The van der Waals surface area contributed by atoms with Crippen LogP contribution < -0.4 is 0 Å². The SMILES string of the molecule is C=CC/C(CC)=C(\CCOC1CCCCO1)Sc1ccccc1. The largest absolute Gasteiger partial charge is 0.353 e. The molecule has 1 aromatic carbocycles. The lowest BCUT2D eigenvalue weighted by atomic mass is 10.1. The third-order valence-corrected chi connectivity index (χ3v) is 5.21. The van der Waals surface area contributed by atoms with Gasteiger partial charge in [-0.15, -0.1) is 6.58 Å². The zero-order valence-electron chi connectivity index (χ0n) is 14.1. The van der Waals surface area contributed by atoms with Crippen molar-refractivity contribution in [1.29, 1.82) is 0 Å². The Balaban J connectivity index is 1.96. The first-order valence-corrected chi connectivity index (χ1v) is 9.43. The Labute approximate surface area is 145 Å². The van der Waals surface area contributed by atoms with Gasteiger partial charge in [0.05, 0.1) is 6.61 Å². The molecule has 0 spiro atoms. The molecule has 23 heavy (non-hydrogen) atoms. The molecule has 0 aliphatic carbocycles. The van der Waals surface area contributed by atoms with E-state index in [-0.39, 0.29) is 6.29 Å². The topological polar surface area (TPSA) is 18.5 Å². The maximum atomic E-state index is 5.93. The lowest BCUT2D eigenvalue weighted by Crippen LogP contribution is -2.22. The molecule has 0 radical (unpaired) electrons. The molecule has 0 N–H and O–H groups in total. The molecule has 1 heterocycles. The third kappa shape index (κ3) is 6.54. The number of hydrogen-bond donors (Lipinski definition) is 0. The van der Waals surface area contributed by atoms with Crippen LogP contribution in [0.1, 0.15) is 45.4 Å². The van der Waals surface area contributed by atoms with E-state index in [9.17, 15) is 0 Å². The lowest BCUT2D eigenvalue weighted by molar-refractivity contribution is -0.161. The molecule has 0 saturated carbocycles. The zero-order valence-corrected chi connectivity index (χ0v) is 14.9. The van der Waals surface area contributed by atoms with Crippen molar-refractivity contribution in [2.24, 2.45) is 0 Å². The molecule has 126 valence electrons. The number of rotatable bonds is 9. The molecule has 1 aliphatic rings. The Kier molecular flexibility index (Phi) is 8.51. The van der Waals surface area contributed by atoms with Crippen molar-refractivity contribution in [3.63, 3.8) is 0 Å². The van der Waals surface area contributed by atoms with E-state index < -0.39 is 0 Å². The molecule has 2 nitrogen and oxygen atoms in total. The van der Waals surface area contributed by atoms with Gasteiger partial charge in [0.15, 0.2) is 6.29 Å². The number of hydrogen-bond acceptors (Lipinski definition) is 3. The summed E-state index contributed by atoms with van der Waals surface area (Å²) < 4.78 is 11.6. The highest BCUT2D eigenvalue weighted by molar-refractivity contribution is 8.03. The maximum absolute atomic E-state index is 5.93. The van der Waals surface area contributed by atoms with Crippen molar-refractivity contribution in [3.05, 3.63) is 53.5 Å². The minimum Gasteiger partial charge on any atom is -0.353 e. The van der Waals surface area contributed by atoms with Crippen LogP contribution >= 0.6 is 11.8 Å². The average Bonchev–Trinajstić information content (AvgIpc) is 2.61. The van der Waals surface area contributed by atoms with Gasteiger partial charge in [0.25, 0.3) is 0 Å². The highest BCUT2D eigenvalue weighted by atomic mass is 32.2. The van der Waals surface area contributed by atoms with Crippen LogP contribution in [-0.2, 0) is 9.47 Å². The van der Waals surface area contributed by atoms with Gasteiger partial charge in [-0.3, -0.25) is 0 Å². The highest BCUT2D eigenvalue weighted by Gasteiger charge is 2.15. The Bertz CT molecular complexity index is 490. The summed E-state index contributed by atoms with van der Waals surface area (Å²) in [5, 5.41) is 0. The molecule has 3 heteroatoms. The maximum Gasteiger partial charge on any atom is 0.157 e. The lowest BCUT2D eigenvalue weighted by Gasteiger charge is -2.23. The molecule has 0 aromatic heterocycles. The van der Waals surface area contributed by atoms with Gasteiger partial charge in [0, 0.05) is 17.9 Å². The third-order valence-electron chi connectivity index (χ3n) is 3.97. The number of ether oxygens (including phenoxy) is 2. The molecule has 1 aromatic rings. The minimum absolute atomic E-state index is 0.00351. The van der Waals surface area contributed by atoms with Crippen LogP contribution in [-0.4, -0.2) is 19.5 Å². The first-order valence-electron chi connectivity index (χ1n) is 8.61. The number of allylic oxidation sites excluding steroid dienone is 2. The van der Waals surface area contributed by atoms with Crippen LogP contribution in [0.25, 0.3) is 0 Å². The molecule has 0 bridgehead atoms. The Morgan fingerprint density at radius 3 is 2.83 bits per heavy atom. The van der Waals surface area contributed by atoms with Gasteiger partial charge in [0.2, 0.25) is 0 Å². The molecular weight excluding hydrogens is 304 g/mol. The van der Waals surface area contributed by atoms with Gasteiger partial charge in [-0.05, 0) is 49.1 Å². The predicted octanol–water partition coefficient (Wildman–Crippen LogP) is 5.95. The minimum atomic E-state index is -0.00351. The zero-order chi connectivity index (χ0) is 16.3. The highest BCUT2D eigenvalue weighted by Crippen LogP contribution is 2.33. The summed E-state index contributed by atoms with van der Waals surface area (Å²) in [6.45, 7) is 7.67. The Morgan fingerprint density at radius 1 is 1.35 bits per heavy atom. The second kappa shape index (κ2) is 10.7. The molecule has 1 aliphatic heterocycles. The van der Waals surface area contributed by atoms with Crippen LogP contribution in [0, 0.1) is 0 Å². The first-order chi connectivity index (χ1) is 11.3. The van der Waals surface area contributed by atoms with Crippen LogP contribution in [0.5, 0.6) is 0 Å². The molecule has 1 fully saturated rings. The van der Waals surface area contributed by atoms with E-state index in [1.165, 1.54) is 21.8 Å². The summed E-state index contributed by atoms with van der Waals surface area (Å²) in [5.41, 5.74) is 1.46. The van der Waals surface area contributed by atoms with Crippen LogP contribution in [0.3, 0.4) is 0 Å². The molecule has 0 amide bonds. The van der Waals surface area contributed by atoms with Crippen molar-refractivity contribution in [1.82, 2.24) is 0 Å². The number of benzene rings is 1. The Hall–Kier alpha value is -1.03. The van der Waals surface area contributed by atoms with Crippen LogP contribution in [0.4, 0.5) is 0 Å². The summed E-state index contributed by atoms with van der Waals surface area (Å²) in [4.78, 5) is 2.70. The molecule has 2 rings (SSSR count). The van der Waals surface area contributed by atoms with E-state index >= 15 is 0 Å². The summed E-state index contributed by atoms with van der Waals surface area (Å²) in [7, 11) is 0. The fraction of sp³-hybridized carbons (Fsp3) is 0.500. The van der Waals surface area contributed by atoms with E-state index in [0.29, 0.717) is 0 Å². The summed E-state index contributed by atoms with van der Waals surface area (Å²) in [6, 6.07) is 10.6. The van der Waals surface area contributed by atoms with E-state index in [2.05, 4.69) is 43.8 Å². The van der Waals surface area contributed by atoms with Crippen molar-refractivity contribution in [2.45, 2.75) is 56.6 Å². The average molecular weight is 333 g/mol. The van der Waals surface area contributed by atoms with Crippen LogP contribution in [0.2, 0.25) is 0 Å². The van der Waals surface area contributed by atoms with E-state index in [4.69, 9.17) is 9.47 Å². The van der Waals surface area contributed by atoms with Gasteiger partial charge in [-0.25, -0.2) is 0 Å². The van der Waals surface area contributed by atoms with Crippen molar-refractivity contribution >= 4 is 11.8 Å². The smallest absolute Gasteiger partial charge is 0.157 e. The van der Waals surface area contributed by atoms with E-state index in [1.807, 2.05) is 17.8 Å². The Morgan fingerprint density at radius 2 is 2.17 bits per heavy atom. The van der Waals surface area contributed by atoms with Gasteiger partial charge < -0.3 is 9.47 Å². The van der Waals surface area contributed by atoms with Gasteiger partial charge in [0.1, 0.15) is 0 Å². The fourth-order valence-corrected chi connectivity index (χ4v) is 3.82. The van der Waals surface area contributed by atoms with Crippen molar-refractivity contribution < 1.29 is 9.47 Å². The monoisotopic (exact) mass is 332 g/mol. The second-order valence-corrected chi connectivity index (χ2v) is 6.87. The standard InChI is InChI=1S/C20H28O2S/c1-3-10-17(4-2)19(23-18-11-6-5-7-12-18)14-16-22-20-13-8-9-15-21-20/h3,5-7,11-12,20H,1,4,8-10,13-16H2,2H3/b19-17+. The predicted molar refractivity (Wildman–Crippen MR) is 98.6 cm³/mol. The summed E-state index contributed by atoms with van der Waals surface area (Å²) >= 11 is 1.86. The van der Waals surface area contributed by atoms with Crippen LogP contribution in [0.15, 0.2) is 58.4 Å². The molecule has 1 unspecified atom stereocenters. The molecule has 1 atom stereocenters. The second-order valence-electron chi connectivity index (χ2n) is 5.71. The van der Waals surface area contributed by atoms with Crippen molar-refractivity contribution in [3.8, 4) is 0 Å². The quantitative estimate of drug-likeness (QED) is 0.411. The van der Waals surface area contributed by atoms with Gasteiger partial charge >= 0.3 is 0 Å². The summed E-state index contributed by atoms with van der Waals surface area (Å²) in [6.07, 6.45) is 8.34. The summed E-state index contributed by atoms with van der Waals surface area (Å²) in [5.74, 6) is 0. The van der Waals surface area contributed by atoms with E-state index in [0.717, 1.165) is 45.3 Å². The number of thioether (sulfide) groups is 1. The normalized spacial score (nSPS) is 19.3. The van der Waals surface area contributed by atoms with Gasteiger partial charge in [-0.1, -0.05) is 48.5 Å². The molecular formula is C20H28O2S.